The van der Waals surface area contributed by atoms with Crippen LogP contribution in [0.3, 0.4) is 0 Å². The maximum atomic E-state index is 12.3. The number of nitrogens with zero attached hydrogens (tertiary/aromatic N) is 2. The van der Waals surface area contributed by atoms with Crippen LogP contribution in [0.5, 0.6) is 0 Å². The zero-order chi connectivity index (χ0) is 18.9. The zero-order valence-corrected chi connectivity index (χ0v) is 15.1. The van der Waals surface area contributed by atoms with Crippen molar-refractivity contribution in [3.05, 3.63) is 12.2 Å². The number of imide groups is 1. The summed E-state index contributed by atoms with van der Waals surface area (Å²) in [5.41, 5.74) is 0. The molecule has 26 heavy (non-hydrogen) atoms. The number of amides is 2. The minimum absolute atomic E-state index is 0.0217. The Morgan fingerprint density at radius 1 is 1.12 bits per heavy atom. The van der Waals surface area contributed by atoms with E-state index in [-0.39, 0.29) is 43.2 Å². The third-order valence-electron chi connectivity index (χ3n) is 5.27. The highest BCUT2D eigenvalue weighted by atomic mass is 32.2. The van der Waals surface area contributed by atoms with Crippen molar-refractivity contribution in [2.24, 2.45) is 11.8 Å². The smallest absolute Gasteiger partial charge is 0.328 e. The highest BCUT2D eigenvalue weighted by molar-refractivity contribution is 7.86. The largest absolute Gasteiger partial charge is 0.368 e. The van der Waals surface area contributed by atoms with Crippen LogP contribution in [0, 0.1) is 11.8 Å². The molecule has 1 saturated heterocycles. The predicted molar refractivity (Wildman–Crippen MR) is 88.9 cm³/mol. The number of hydrogen-bond donors (Lipinski definition) is 1. The monoisotopic (exact) mass is 386 g/mol. The molecule has 1 N–H and O–H groups in total. The number of hydroxylamine groups is 2. The summed E-state index contributed by atoms with van der Waals surface area (Å²) in [6.45, 7) is 0.623. The van der Waals surface area contributed by atoms with Gasteiger partial charge in [0.1, 0.15) is 5.25 Å². The molecule has 0 aromatic heterocycles. The van der Waals surface area contributed by atoms with Crippen molar-refractivity contribution in [3.63, 3.8) is 0 Å². The maximum Gasteiger partial charge on any atom is 0.328 e. The summed E-state index contributed by atoms with van der Waals surface area (Å²) in [4.78, 5) is 42.0. The quantitative estimate of drug-likeness (QED) is 0.523. The Morgan fingerprint density at radius 2 is 1.73 bits per heavy atom. The molecule has 2 heterocycles. The average Bonchev–Trinajstić information content (AvgIpc) is 3.17. The van der Waals surface area contributed by atoms with E-state index in [2.05, 4.69) is 0 Å². The van der Waals surface area contributed by atoms with Crippen LogP contribution < -0.4 is 0 Å². The molecule has 2 amide bonds. The van der Waals surface area contributed by atoms with Crippen molar-refractivity contribution in [1.82, 2.24) is 9.96 Å². The van der Waals surface area contributed by atoms with Gasteiger partial charge >= 0.3 is 5.97 Å². The molecule has 0 aromatic carbocycles. The van der Waals surface area contributed by atoms with Crippen LogP contribution >= 0.6 is 0 Å². The van der Waals surface area contributed by atoms with Crippen LogP contribution in [0.15, 0.2) is 12.2 Å². The Kier molecular flexibility index (Phi) is 5.44. The Labute approximate surface area is 151 Å². The van der Waals surface area contributed by atoms with Crippen LogP contribution in [-0.4, -0.2) is 65.6 Å². The van der Waals surface area contributed by atoms with Crippen molar-refractivity contribution in [2.75, 3.05) is 19.6 Å². The minimum atomic E-state index is -4.12. The van der Waals surface area contributed by atoms with Crippen molar-refractivity contribution < 1.29 is 32.2 Å². The number of hydrogen-bond acceptors (Lipinski definition) is 7. The molecule has 3 rings (SSSR count). The lowest BCUT2D eigenvalue weighted by molar-refractivity contribution is -0.192. The zero-order valence-electron chi connectivity index (χ0n) is 14.2. The van der Waals surface area contributed by atoms with Gasteiger partial charge in [0.2, 0.25) is 0 Å². The molecule has 2 fully saturated rings. The fourth-order valence-electron chi connectivity index (χ4n) is 3.68. The van der Waals surface area contributed by atoms with Gasteiger partial charge in [-0.2, -0.15) is 8.42 Å². The van der Waals surface area contributed by atoms with Gasteiger partial charge in [0, 0.05) is 25.2 Å². The summed E-state index contributed by atoms with van der Waals surface area (Å²) < 4.78 is 31.3. The van der Waals surface area contributed by atoms with Crippen LogP contribution in [0.2, 0.25) is 0 Å². The summed E-state index contributed by atoms with van der Waals surface area (Å²) in [5, 5.41) is 0.371. The molecule has 1 atom stereocenters. The SMILES string of the molecule is O=C(ON1CCC(S(=O)(=O)O)C1)C1CCC(CN2C(=O)C=CC2=O)CC1. The van der Waals surface area contributed by atoms with Crippen molar-refractivity contribution in [2.45, 2.75) is 37.4 Å². The van der Waals surface area contributed by atoms with Crippen LogP contribution in [0.4, 0.5) is 0 Å². The Hall–Kier alpha value is -1.78. The summed E-state index contributed by atoms with van der Waals surface area (Å²) in [6.07, 6.45) is 5.38. The van der Waals surface area contributed by atoms with E-state index in [1.807, 2.05) is 0 Å². The second kappa shape index (κ2) is 7.45. The molecular formula is C16H22N2O7S. The molecule has 144 valence electrons. The van der Waals surface area contributed by atoms with Gasteiger partial charge in [0.15, 0.2) is 0 Å². The molecule has 0 spiro atoms. The van der Waals surface area contributed by atoms with Crippen molar-refractivity contribution >= 4 is 27.9 Å². The van der Waals surface area contributed by atoms with Crippen molar-refractivity contribution in [3.8, 4) is 0 Å². The van der Waals surface area contributed by atoms with Gasteiger partial charge in [-0.25, -0.2) is 0 Å². The van der Waals surface area contributed by atoms with Gasteiger partial charge in [0.05, 0.1) is 12.5 Å². The Balaban J connectivity index is 1.43. The lowest BCUT2D eigenvalue weighted by atomic mass is 9.82. The highest BCUT2D eigenvalue weighted by Crippen LogP contribution is 2.31. The molecule has 0 radical (unpaired) electrons. The van der Waals surface area contributed by atoms with Gasteiger partial charge in [-0.05, 0) is 38.0 Å². The third kappa shape index (κ3) is 4.30. The highest BCUT2D eigenvalue weighted by Gasteiger charge is 2.36. The summed E-state index contributed by atoms with van der Waals surface area (Å²) in [6, 6.07) is 0. The summed E-state index contributed by atoms with van der Waals surface area (Å²) in [7, 11) is -4.12. The van der Waals surface area contributed by atoms with E-state index in [1.54, 1.807) is 0 Å². The van der Waals surface area contributed by atoms with Crippen LogP contribution in [0.25, 0.3) is 0 Å². The molecule has 10 heteroatoms. The molecular weight excluding hydrogens is 364 g/mol. The molecule has 1 saturated carbocycles. The third-order valence-corrected chi connectivity index (χ3v) is 6.50. The Morgan fingerprint density at radius 3 is 2.27 bits per heavy atom. The van der Waals surface area contributed by atoms with Gasteiger partial charge in [-0.1, -0.05) is 0 Å². The summed E-state index contributed by atoms with van der Waals surface area (Å²) >= 11 is 0. The fraction of sp³-hybridized carbons (Fsp3) is 0.688. The summed E-state index contributed by atoms with van der Waals surface area (Å²) in [5.74, 6) is -1.09. The first-order valence-electron chi connectivity index (χ1n) is 8.70. The van der Waals surface area contributed by atoms with Crippen molar-refractivity contribution in [1.29, 1.82) is 0 Å². The normalized spacial score (nSPS) is 30.2. The van der Waals surface area contributed by atoms with E-state index < -0.39 is 21.3 Å². The van der Waals surface area contributed by atoms with Gasteiger partial charge in [0.25, 0.3) is 21.9 Å². The standard InChI is InChI=1S/C16H22N2O7S/c19-14-5-6-15(20)18(14)9-11-1-3-12(4-2-11)16(21)25-17-8-7-13(10-17)26(22,23)24/h5-6,11-13H,1-4,7-10H2,(H,22,23,24). The predicted octanol–water partition coefficient (Wildman–Crippen LogP) is 0.138. The fourth-order valence-corrected chi connectivity index (χ4v) is 4.43. The number of carbonyl (C=O) groups is 3. The molecule has 0 bridgehead atoms. The second-order valence-electron chi connectivity index (χ2n) is 7.06. The second-order valence-corrected chi connectivity index (χ2v) is 8.76. The van der Waals surface area contributed by atoms with Crippen LogP contribution in [-0.2, 0) is 29.3 Å². The van der Waals surface area contributed by atoms with E-state index in [0.717, 1.165) is 0 Å². The maximum absolute atomic E-state index is 12.3. The molecule has 2 aliphatic heterocycles. The van der Waals surface area contributed by atoms with E-state index in [4.69, 9.17) is 9.39 Å². The van der Waals surface area contributed by atoms with Gasteiger partial charge in [-0.3, -0.25) is 23.8 Å². The topological polar surface area (TPSA) is 121 Å². The van der Waals surface area contributed by atoms with Crippen LogP contribution in [0.1, 0.15) is 32.1 Å². The molecule has 3 aliphatic rings. The molecule has 9 nitrogen and oxygen atoms in total. The number of rotatable bonds is 5. The number of carbonyl (C=O) groups excluding carboxylic acids is 3. The first-order chi connectivity index (χ1) is 12.2. The Bertz CT molecular complexity index is 707. The van der Waals surface area contributed by atoms with Gasteiger partial charge in [-0.15, -0.1) is 5.06 Å². The first kappa shape index (κ1) is 19.0. The molecule has 1 unspecified atom stereocenters. The first-order valence-corrected chi connectivity index (χ1v) is 10.2. The van der Waals surface area contributed by atoms with E-state index in [9.17, 15) is 22.8 Å². The lowest BCUT2D eigenvalue weighted by Gasteiger charge is -2.30. The average molecular weight is 386 g/mol. The van der Waals surface area contributed by atoms with E-state index in [1.165, 1.54) is 22.1 Å². The molecule has 0 aromatic rings. The minimum Gasteiger partial charge on any atom is -0.368 e. The van der Waals surface area contributed by atoms with Gasteiger partial charge < -0.3 is 4.84 Å². The van der Waals surface area contributed by atoms with E-state index in [0.29, 0.717) is 32.2 Å². The lowest BCUT2D eigenvalue weighted by Crippen LogP contribution is -2.37. The molecule has 1 aliphatic carbocycles. The van der Waals surface area contributed by atoms with E-state index >= 15 is 0 Å².